The topological polar surface area (TPSA) is 61.2 Å². The summed E-state index contributed by atoms with van der Waals surface area (Å²) in [6.07, 6.45) is 0. The van der Waals surface area contributed by atoms with Crippen LogP contribution in [-0.4, -0.2) is 16.7 Å². The first kappa shape index (κ1) is 19.2. The van der Waals surface area contributed by atoms with Crippen LogP contribution in [0.15, 0.2) is 82.4 Å². The molecule has 2 heterocycles. The van der Waals surface area contributed by atoms with Gasteiger partial charge >= 0.3 is 0 Å². The second kappa shape index (κ2) is 7.49. The molecule has 152 valence electrons. The monoisotopic (exact) mass is 426 g/mol. The van der Waals surface area contributed by atoms with Crippen LogP contribution < -0.4 is 15.7 Å². The Labute approximate surface area is 181 Å². The highest BCUT2D eigenvalue weighted by atomic mass is 32.1. The van der Waals surface area contributed by atoms with Crippen LogP contribution >= 0.6 is 11.3 Å². The SMILES string of the molecule is COc1ccc(-c2nc3sc4ccccc4c(=O)c3c(=O)n2-c2ccc(C)cc2)cc1. The lowest BCUT2D eigenvalue weighted by atomic mass is 10.1. The Morgan fingerprint density at radius 3 is 2.32 bits per heavy atom. The molecule has 0 aliphatic heterocycles. The number of nitrogens with zero attached hydrogens (tertiary/aromatic N) is 2. The molecule has 0 aliphatic rings. The Morgan fingerprint density at radius 2 is 1.61 bits per heavy atom. The molecular weight excluding hydrogens is 408 g/mol. The van der Waals surface area contributed by atoms with E-state index in [2.05, 4.69) is 0 Å². The number of aryl methyl sites for hydroxylation is 1. The van der Waals surface area contributed by atoms with Gasteiger partial charge in [-0.15, -0.1) is 11.3 Å². The summed E-state index contributed by atoms with van der Waals surface area (Å²) in [5, 5.41) is 0.646. The van der Waals surface area contributed by atoms with Crippen LogP contribution in [0.1, 0.15) is 5.56 Å². The largest absolute Gasteiger partial charge is 0.497 e. The first-order valence-electron chi connectivity index (χ1n) is 9.77. The van der Waals surface area contributed by atoms with Gasteiger partial charge in [-0.25, -0.2) is 4.98 Å². The molecule has 0 bridgehead atoms. The fourth-order valence-corrected chi connectivity index (χ4v) is 4.66. The number of aromatic nitrogens is 2. The van der Waals surface area contributed by atoms with E-state index in [1.165, 1.54) is 15.9 Å². The minimum Gasteiger partial charge on any atom is -0.497 e. The first-order chi connectivity index (χ1) is 15.1. The highest BCUT2D eigenvalue weighted by Crippen LogP contribution is 2.27. The first-order valence-corrected chi connectivity index (χ1v) is 10.6. The number of rotatable bonds is 3. The maximum atomic E-state index is 13.7. The van der Waals surface area contributed by atoms with E-state index in [0.717, 1.165) is 15.8 Å². The van der Waals surface area contributed by atoms with Crippen LogP contribution in [0.4, 0.5) is 0 Å². The summed E-state index contributed by atoms with van der Waals surface area (Å²) in [6.45, 7) is 1.99. The molecule has 0 saturated heterocycles. The smallest absolute Gasteiger partial charge is 0.271 e. The van der Waals surface area contributed by atoms with Gasteiger partial charge in [-0.05, 0) is 55.5 Å². The third-order valence-electron chi connectivity index (χ3n) is 5.26. The molecule has 2 aromatic heterocycles. The Kier molecular flexibility index (Phi) is 4.64. The van der Waals surface area contributed by atoms with Crippen molar-refractivity contribution < 1.29 is 4.74 Å². The molecule has 0 N–H and O–H groups in total. The van der Waals surface area contributed by atoms with Crippen LogP contribution in [0.3, 0.4) is 0 Å². The molecule has 0 fully saturated rings. The Morgan fingerprint density at radius 1 is 0.903 bits per heavy atom. The third kappa shape index (κ3) is 3.21. The van der Waals surface area contributed by atoms with Crippen molar-refractivity contribution in [2.75, 3.05) is 7.11 Å². The summed E-state index contributed by atoms with van der Waals surface area (Å²) in [7, 11) is 1.61. The third-order valence-corrected chi connectivity index (χ3v) is 6.32. The summed E-state index contributed by atoms with van der Waals surface area (Å²) in [6, 6.07) is 22.3. The predicted octanol–water partition coefficient (Wildman–Crippen LogP) is 4.94. The van der Waals surface area contributed by atoms with E-state index in [0.29, 0.717) is 27.5 Å². The van der Waals surface area contributed by atoms with Crippen LogP contribution in [0.5, 0.6) is 5.75 Å². The minimum absolute atomic E-state index is 0.113. The van der Waals surface area contributed by atoms with Crippen molar-refractivity contribution in [3.8, 4) is 22.8 Å². The van der Waals surface area contributed by atoms with E-state index in [1.807, 2.05) is 67.6 Å². The molecule has 0 saturated carbocycles. The second-order valence-electron chi connectivity index (χ2n) is 7.25. The quantitative estimate of drug-likeness (QED) is 0.383. The minimum atomic E-state index is -0.369. The summed E-state index contributed by atoms with van der Waals surface area (Å²) in [5.41, 5.74) is 1.84. The molecule has 31 heavy (non-hydrogen) atoms. The standard InChI is InChI=1S/C25H18N2O3S/c1-15-7-11-17(12-8-15)27-23(16-9-13-18(30-2)14-10-16)26-24-21(25(27)29)22(28)19-5-3-4-6-20(19)31-24/h3-14H,1-2H3. The summed E-state index contributed by atoms with van der Waals surface area (Å²) in [4.78, 5) is 32.2. The average molecular weight is 426 g/mol. The highest BCUT2D eigenvalue weighted by Gasteiger charge is 2.18. The molecule has 0 aliphatic carbocycles. The van der Waals surface area contributed by atoms with E-state index in [9.17, 15) is 9.59 Å². The van der Waals surface area contributed by atoms with E-state index in [4.69, 9.17) is 9.72 Å². The summed E-state index contributed by atoms with van der Waals surface area (Å²) >= 11 is 1.35. The molecule has 6 heteroatoms. The number of ether oxygens (including phenoxy) is 1. The number of benzene rings is 3. The lowest BCUT2D eigenvalue weighted by molar-refractivity contribution is 0.415. The molecule has 0 radical (unpaired) electrons. The fourth-order valence-electron chi connectivity index (χ4n) is 3.62. The second-order valence-corrected chi connectivity index (χ2v) is 8.28. The van der Waals surface area contributed by atoms with E-state index in [1.54, 1.807) is 19.2 Å². The molecular formula is C25H18N2O3S. The zero-order valence-electron chi connectivity index (χ0n) is 17.0. The van der Waals surface area contributed by atoms with Crippen molar-refractivity contribution in [3.63, 3.8) is 0 Å². The van der Waals surface area contributed by atoms with Gasteiger partial charge in [0.25, 0.3) is 5.56 Å². The Hall–Kier alpha value is -3.77. The van der Waals surface area contributed by atoms with Crippen LogP contribution in [0.2, 0.25) is 0 Å². The van der Waals surface area contributed by atoms with E-state index >= 15 is 0 Å². The van der Waals surface area contributed by atoms with Crippen molar-refractivity contribution in [3.05, 3.63) is 98.9 Å². The van der Waals surface area contributed by atoms with Gasteiger partial charge in [0.2, 0.25) is 5.43 Å². The van der Waals surface area contributed by atoms with E-state index < -0.39 is 0 Å². The van der Waals surface area contributed by atoms with Crippen molar-refractivity contribution in [1.29, 1.82) is 0 Å². The molecule has 0 atom stereocenters. The maximum Gasteiger partial charge on any atom is 0.271 e. The number of methoxy groups -OCH3 is 1. The summed E-state index contributed by atoms with van der Waals surface area (Å²) in [5.74, 6) is 1.19. The molecule has 3 aromatic carbocycles. The Bertz CT molecular complexity index is 1550. The van der Waals surface area contributed by atoms with Gasteiger partial charge in [-0.2, -0.15) is 0 Å². The molecule has 0 spiro atoms. The van der Waals surface area contributed by atoms with Crippen LogP contribution in [0.25, 0.3) is 37.4 Å². The molecule has 0 unspecified atom stereocenters. The van der Waals surface area contributed by atoms with Crippen molar-refractivity contribution in [2.45, 2.75) is 6.92 Å². The van der Waals surface area contributed by atoms with Gasteiger partial charge in [-0.3, -0.25) is 14.2 Å². The van der Waals surface area contributed by atoms with Crippen molar-refractivity contribution in [2.24, 2.45) is 0 Å². The number of hydrogen-bond donors (Lipinski definition) is 0. The van der Waals surface area contributed by atoms with Gasteiger partial charge in [0.05, 0.1) is 12.8 Å². The van der Waals surface area contributed by atoms with Gasteiger partial charge in [0.1, 0.15) is 21.8 Å². The zero-order chi connectivity index (χ0) is 21.5. The molecule has 0 amide bonds. The fraction of sp³-hybridized carbons (Fsp3) is 0.0800. The predicted molar refractivity (Wildman–Crippen MR) is 126 cm³/mol. The Balaban J connectivity index is 1.92. The van der Waals surface area contributed by atoms with Gasteiger partial charge < -0.3 is 4.74 Å². The zero-order valence-corrected chi connectivity index (χ0v) is 17.8. The van der Waals surface area contributed by atoms with Crippen molar-refractivity contribution in [1.82, 2.24) is 9.55 Å². The van der Waals surface area contributed by atoms with E-state index in [-0.39, 0.29) is 16.4 Å². The van der Waals surface area contributed by atoms with Gasteiger partial charge in [0.15, 0.2) is 0 Å². The van der Waals surface area contributed by atoms with Crippen LogP contribution in [0, 0.1) is 6.92 Å². The van der Waals surface area contributed by atoms with Gasteiger partial charge in [-0.1, -0.05) is 29.8 Å². The lowest BCUT2D eigenvalue weighted by Gasteiger charge is -2.14. The van der Waals surface area contributed by atoms with Crippen molar-refractivity contribution >= 4 is 31.6 Å². The number of hydrogen-bond acceptors (Lipinski definition) is 5. The lowest BCUT2D eigenvalue weighted by Crippen LogP contribution is -2.26. The highest BCUT2D eigenvalue weighted by molar-refractivity contribution is 7.24. The summed E-state index contributed by atoms with van der Waals surface area (Å²) < 4.78 is 7.59. The normalized spacial score (nSPS) is 11.2. The molecule has 5 rings (SSSR count). The molecule has 5 nitrogen and oxygen atoms in total. The number of fused-ring (bicyclic) bond motifs is 2. The van der Waals surface area contributed by atoms with Crippen LogP contribution in [-0.2, 0) is 0 Å². The van der Waals surface area contributed by atoms with Gasteiger partial charge in [0, 0.05) is 15.6 Å². The maximum absolute atomic E-state index is 13.7. The average Bonchev–Trinajstić information content (AvgIpc) is 2.80. The molecule has 5 aromatic rings.